The second-order valence-corrected chi connectivity index (χ2v) is 6.68. The van der Waals surface area contributed by atoms with Crippen molar-refractivity contribution in [3.8, 4) is 17.0 Å². The molecule has 0 saturated carbocycles. The van der Waals surface area contributed by atoms with Crippen LogP contribution in [0.25, 0.3) is 11.3 Å². The van der Waals surface area contributed by atoms with E-state index < -0.39 is 5.97 Å². The average molecular weight is 407 g/mol. The van der Waals surface area contributed by atoms with E-state index in [1.165, 1.54) is 7.11 Å². The van der Waals surface area contributed by atoms with Gasteiger partial charge >= 0.3 is 5.97 Å². The van der Waals surface area contributed by atoms with Crippen LogP contribution in [-0.2, 0) is 4.74 Å². The van der Waals surface area contributed by atoms with E-state index >= 15 is 0 Å². The first kappa shape index (κ1) is 21.0. The van der Waals surface area contributed by atoms with Crippen molar-refractivity contribution in [1.29, 1.82) is 0 Å². The maximum Gasteiger partial charge on any atom is 0.337 e. The van der Waals surface area contributed by atoms with Gasteiger partial charge in [0.15, 0.2) is 0 Å². The number of carbonyl (C=O) groups is 1. The number of aromatic nitrogens is 3. The zero-order valence-corrected chi connectivity index (χ0v) is 17.5. The Hall–Kier alpha value is -3.68. The van der Waals surface area contributed by atoms with Gasteiger partial charge in [-0.3, -0.25) is 4.98 Å². The van der Waals surface area contributed by atoms with Gasteiger partial charge in [-0.2, -0.15) is 4.98 Å². The second-order valence-electron chi connectivity index (χ2n) is 6.68. The predicted octanol–water partition coefficient (Wildman–Crippen LogP) is 4.29. The first-order valence-electron chi connectivity index (χ1n) is 9.63. The molecule has 0 aliphatic carbocycles. The summed E-state index contributed by atoms with van der Waals surface area (Å²) in [5.74, 6) is 1.20. The van der Waals surface area contributed by atoms with Crippen molar-refractivity contribution in [2.24, 2.45) is 0 Å². The maximum atomic E-state index is 11.9. The van der Waals surface area contributed by atoms with Crippen molar-refractivity contribution in [2.45, 2.75) is 26.3 Å². The molecule has 1 aromatic carbocycles. The molecule has 30 heavy (non-hydrogen) atoms. The molecule has 0 aliphatic heterocycles. The average Bonchev–Trinajstić information content (AvgIpc) is 2.78. The van der Waals surface area contributed by atoms with Crippen LogP contribution in [0.2, 0.25) is 0 Å². The van der Waals surface area contributed by atoms with Crippen LogP contribution < -0.4 is 15.4 Å². The maximum absolute atomic E-state index is 11.9. The third kappa shape index (κ3) is 5.02. The van der Waals surface area contributed by atoms with Crippen LogP contribution in [0.1, 0.15) is 30.6 Å². The third-order valence-corrected chi connectivity index (χ3v) is 4.57. The van der Waals surface area contributed by atoms with Crippen molar-refractivity contribution in [3.63, 3.8) is 0 Å². The number of pyridine rings is 1. The summed E-state index contributed by atoms with van der Waals surface area (Å²) in [6, 6.07) is 10.8. The van der Waals surface area contributed by atoms with Crippen LogP contribution in [-0.4, -0.2) is 41.2 Å². The first-order valence-corrected chi connectivity index (χ1v) is 9.63. The molecular formula is C22H25N5O3. The minimum absolute atomic E-state index is 0.211. The number of nitrogens with zero attached hydrogens (tertiary/aromatic N) is 3. The molecule has 8 nitrogen and oxygen atoms in total. The smallest absolute Gasteiger partial charge is 0.337 e. The lowest BCUT2D eigenvalue weighted by atomic mass is 10.1. The Bertz CT molecular complexity index is 1010. The van der Waals surface area contributed by atoms with E-state index in [4.69, 9.17) is 9.47 Å². The summed E-state index contributed by atoms with van der Waals surface area (Å²) in [6.45, 7) is 4.16. The number of benzene rings is 1. The molecule has 0 fully saturated rings. The Balaban J connectivity index is 2.02. The van der Waals surface area contributed by atoms with Crippen molar-refractivity contribution < 1.29 is 14.3 Å². The number of esters is 1. The molecule has 0 aliphatic rings. The van der Waals surface area contributed by atoms with Gasteiger partial charge < -0.3 is 20.1 Å². The molecule has 0 radical (unpaired) electrons. The Kier molecular flexibility index (Phi) is 6.79. The molecule has 2 heterocycles. The Labute approximate surface area is 175 Å². The van der Waals surface area contributed by atoms with E-state index in [2.05, 4.69) is 39.4 Å². The Morgan fingerprint density at radius 2 is 1.87 bits per heavy atom. The van der Waals surface area contributed by atoms with Crippen LogP contribution >= 0.6 is 0 Å². The third-order valence-electron chi connectivity index (χ3n) is 4.57. The second kappa shape index (κ2) is 9.69. The molecule has 0 spiro atoms. The van der Waals surface area contributed by atoms with E-state index in [9.17, 15) is 4.79 Å². The fourth-order valence-corrected chi connectivity index (χ4v) is 2.76. The molecule has 3 rings (SSSR count). The number of methoxy groups -OCH3 is 2. The summed E-state index contributed by atoms with van der Waals surface area (Å²) in [5.41, 5.74) is 2.65. The van der Waals surface area contributed by atoms with Gasteiger partial charge in [-0.15, -0.1) is 0 Å². The highest BCUT2D eigenvalue weighted by Gasteiger charge is 2.13. The monoisotopic (exact) mass is 407 g/mol. The number of anilines is 3. The van der Waals surface area contributed by atoms with Gasteiger partial charge in [0.1, 0.15) is 11.6 Å². The normalized spacial score (nSPS) is 11.5. The standard InChI is InChI=1S/C22H25N5O3/c1-5-14(2)24-22-26-17(15-8-10-23-11-9-15)13-20(27-22)25-18-12-16(21(28)30-4)6-7-19(18)29-3/h6-14H,5H2,1-4H3,(H2,24,25,26,27)/t14-/m1/s1. The van der Waals surface area contributed by atoms with E-state index in [0.29, 0.717) is 28.8 Å². The summed E-state index contributed by atoms with van der Waals surface area (Å²) < 4.78 is 10.2. The quantitative estimate of drug-likeness (QED) is 0.534. The van der Waals surface area contributed by atoms with Crippen LogP contribution in [0.3, 0.4) is 0 Å². The highest BCUT2D eigenvalue weighted by Crippen LogP contribution is 2.30. The fraction of sp³-hybridized carbons (Fsp3) is 0.273. The number of hydrogen-bond acceptors (Lipinski definition) is 8. The van der Waals surface area contributed by atoms with Gasteiger partial charge in [0.05, 0.1) is 31.2 Å². The van der Waals surface area contributed by atoms with Gasteiger partial charge in [0, 0.05) is 30.1 Å². The highest BCUT2D eigenvalue weighted by molar-refractivity contribution is 5.91. The molecule has 0 unspecified atom stereocenters. The van der Waals surface area contributed by atoms with Gasteiger partial charge in [0.25, 0.3) is 0 Å². The zero-order chi connectivity index (χ0) is 21.5. The lowest BCUT2D eigenvalue weighted by Crippen LogP contribution is -2.16. The first-order chi connectivity index (χ1) is 14.5. The summed E-state index contributed by atoms with van der Waals surface area (Å²) >= 11 is 0. The van der Waals surface area contributed by atoms with Gasteiger partial charge in [-0.25, -0.2) is 9.78 Å². The molecular weight excluding hydrogens is 382 g/mol. The van der Waals surface area contributed by atoms with E-state index in [1.807, 2.05) is 18.2 Å². The molecule has 2 aromatic heterocycles. The van der Waals surface area contributed by atoms with E-state index in [0.717, 1.165) is 17.7 Å². The van der Waals surface area contributed by atoms with Gasteiger partial charge in [0.2, 0.25) is 5.95 Å². The van der Waals surface area contributed by atoms with Crippen molar-refractivity contribution in [1.82, 2.24) is 15.0 Å². The van der Waals surface area contributed by atoms with Crippen LogP contribution in [0.5, 0.6) is 5.75 Å². The van der Waals surface area contributed by atoms with Gasteiger partial charge in [-0.05, 0) is 43.7 Å². The lowest BCUT2D eigenvalue weighted by molar-refractivity contribution is 0.0600. The number of rotatable bonds is 8. The van der Waals surface area contributed by atoms with Crippen molar-refractivity contribution in [3.05, 3.63) is 54.4 Å². The summed E-state index contributed by atoms with van der Waals surface area (Å²) in [4.78, 5) is 25.2. The highest BCUT2D eigenvalue weighted by atomic mass is 16.5. The molecule has 0 saturated heterocycles. The molecule has 0 bridgehead atoms. The molecule has 0 amide bonds. The number of carbonyl (C=O) groups excluding carboxylic acids is 1. The molecule has 2 N–H and O–H groups in total. The van der Waals surface area contributed by atoms with Crippen LogP contribution in [0.4, 0.5) is 17.5 Å². The number of ether oxygens (including phenoxy) is 2. The van der Waals surface area contributed by atoms with E-state index in [1.54, 1.807) is 37.7 Å². The van der Waals surface area contributed by atoms with E-state index in [-0.39, 0.29) is 6.04 Å². The SMILES string of the molecule is CC[C@@H](C)Nc1nc(Nc2cc(C(=O)OC)ccc2OC)cc(-c2ccncc2)n1. The lowest BCUT2D eigenvalue weighted by Gasteiger charge is -2.16. The largest absolute Gasteiger partial charge is 0.495 e. The predicted molar refractivity (Wildman–Crippen MR) is 116 cm³/mol. The summed E-state index contributed by atoms with van der Waals surface area (Å²) in [5, 5.41) is 6.56. The van der Waals surface area contributed by atoms with Gasteiger partial charge in [-0.1, -0.05) is 6.92 Å². The zero-order valence-electron chi connectivity index (χ0n) is 17.5. The summed E-state index contributed by atoms with van der Waals surface area (Å²) in [6.07, 6.45) is 4.37. The number of nitrogens with one attached hydrogen (secondary N) is 2. The van der Waals surface area contributed by atoms with Crippen LogP contribution in [0, 0.1) is 0 Å². The molecule has 1 atom stereocenters. The molecule has 3 aromatic rings. The number of hydrogen-bond donors (Lipinski definition) is 2. The molecule has 156 valence electrons. The Morgan fingerprint density at radius 1 is 1.10 bits per heavy atom. The topological polar surface area (TPSA) is 98.3 Å². The van der Waals surface area contributed by atoms with Crippen molar-refractivity contribution in [2.75, 3.05) is 24.9 Å². The molecule has 8 heteroatoms. The minimum Gasteiger partial charge on any atom is -0.495 e. The minimum atomic E-state index is -0.431. The summed E-state index contributed by atoms with van der Waals surface area (Å²) in [7, 11) is 2.91. The Morgan fingerprint density at radius 3 is 2.53 bits per heavy atom. The van der Waals surface area contributed by atoms with Crippen LogP contribution in [0.15, 0.2) is 48.8 Å². The fourth-order valence-electron chi connectivity index (χ4n) is 2.76. The van der Waals surface area contributed by atoms with Crippen molar-refractivity contribution >= 4 is 23.4 Å².